The lowest BCUT2D eigenvalue weighted by Gasteiger charge is -2.09. The van der Waals surface area contributed by atoms with Gasteiger partial charge in [-0.25, -0.2) is 0 Å². The number of rotatable bonds is 9. The van der Waals surface area contributed by atoms with Crippen molar-refractivity contribution < 1.29 is 14.7 Å². The molecule has 1 atom stereocenters. The molecule has 0 radical (unpaired) electrons. The number of hydrogen-bond acceptors (Lipinski definition) is 3. The molecular weight excluding hydrogens is 362 g/mol. The molecule has 29 heavy (non-hydrogen) atoms. The van der Waals surface area contributed by atoms with E-state index in [9.17, 15) is 9.59 Å². The molecule has 3 aromatic rings. The van der Waals surface area contributed by atoms with Crippen LogP contribution in [0.4, 0.5) is 0 Å². The summed E-state index contributed by atoms with van der Waals surface area (Å²) in [5, 5.41) is 12.3. The first-order valence-corrected chi connectivity index (χ1v) is 9.73. The largest absolute Gasteiger partial charge is 0.481 e. The summed E-state index contributed by atoms with van der Waals surface area (Å²) in [5.41, 5.74) is 5.01. The molecule has 0 spiro atoms. The maximum Gasteiger partial charge on any atom is 0.306 e. The van der Waals surface area contributed by atoms with Crippen LogP contribution in [0.25, 0.3) is 11.1 Å². The summed E-state index contributed by atoms with van der Waals surface area (Å²) in [4.78, 5) is 23.2. The Balaban J connectivity index is 1.59. The minimum Gasteiger partial charge on any atom is -0.481 e. The second-order valence-corrected chi connectivity index (χ2v) is 7.23. The molecular formula is C25H25NO3. The van der Waals surface area contributed by atoms with Gasteiger partial charge in [0.1, 0.15) is 0 Å². The Labute approximate surface area is 171 Å². The Morgan fingerprint density at radius 2 is 1.59 bits per heavy atom. The Hall–Kier alpha value is -3.24. The zero-order valence-electron chi connectivity index (χ0n) is 16.5. The highest BCUT2D eigenvalue weighted by Crippen LogP contribution is 2.22. The van der Waals surface area contributed by atoms with Gasteiger partial charge in [0, 0.05) is 12.1 Å². The van der Waals surface area contributed by atoms with Crippen LogP contribution in [-0.4, -0.2) is 23.4 Å². The molecule has 0 amide bonds. The lowest BCUT2D eigenvalue weighted by atomic mass is 9.97. The van der Waals surface area contributed by atoms with E-state index in [1.807, 2.05) is 72.8 Å². The van der Waals surface area contributed by atoms with Crippen molar-refractivity contribution in [3.63, 3.8) is 0 Å². The number of carbonyl (C=O) groups excluding carboxylic acids is 1. The van der Waals surface area contributed by atoms with E-state index in [1.165, 1.54) is 0 Å². The molecule has 0 saturated heterocycles. The fourth-order valence-corrected chi connectivity index (χ4v) is 3.18. The molecule has 3 rings (SSSR count). The fraction of sp³-hybridized carbons (Fsp3) is 0.200. The van der Waals surface area contributed by atoms with Crippen LogP contribution in [0.3, 0.4) is 0 Å². The van der Waals surface area contributed by atoms with Gasteiger partial charge in [-0.05, 0) is 34.7 Å². The van der Waals surface area contributed by atoms with E-state index >= 15 is 0 Å². The zero-order valence-corrected chi connectivity index (χ0v) is 16.5. The van der Waals surface area contributed by atoms with Crippen molar-refractivity contribution in [2.75, 3.05) is 6.54 Å². The van der Waals surface area contributed by atoms with Crippen LogP contribution in [-0.2, 0) is 17.8 Å². The molecule has 0 aliphatic carbocycles. The predicted molar refractivity (Wildman–Crippen MR) is 115 cm³/mol. The highest BCUT2D eigenvalue weighted by molar-refractivity contribution is 5.97. The van der Waals surface area contributed by atoms with E-state index in [0.717, 1.165) is 22.3 Å². The number of nitrogens with one attached hydrogen (secondary N) is 1. The summed E-state index contributed by atoms with van der Waals surface area (Å²) in [6.45, 7) is 2.63. The van der Waals surface area contributed by atoms with Crippen molar-refractivity contribution in [1.82, 2.24) is 5.32 Å². The molecule has 0 fully saturated rings. The molecule has 2 N–H and O–H groups in total. The Bertz CT molecular complexity index is 965. The monoisotopic (exact) mass is 387 g/mol. The van der Waals surface area contributed by atoms with E-state index in [-0.39, 0.29) is 5.78 Å². The van der Waals surface area contributed by atoms with Crippen LogP contribution in [0.5, 0.6) is 0 Å². The van der Waals surface area contributed by atoms with Gasteiger partial charge in [-0.15, -0.1) is 0 Å². The lowest BCUT2D eigenvalue weighted by molar-refractivity contribution is -0.141. The second kappa shape index (κ2) is 9.80. The number of ketones is 1. The third-order valence-electron chi connectivity index (χ3n) is 4.89. The molecule has 3 aromatic carbocycles. The van der Waals surface area contributed by atoms with E-state index in [1.54, 1.807) is 6.92 Å². The van der Waals surface area contributed by atoms with Gasteiger partial charge in [-0.2, -0.15) is 0 Å². The molecule has 0 aliphatic rings. The summed E-state index contributed by atoms with van der Waals surface area (Å²) >= 11 is 0. The highest BCUT2D eigenvalue weighted by Gasteiger charge is 2.11. The molecule has 0 aliphatic heterocycles. The zero-order chi connectivity index (χ0) is 20.6. The van der Waals surface area contributed by atoms with Crippen molar-refractivity contribution >= 4 is 11.8 Å². The minimum absolute atomic E-state index is 0.0768. The average molecular weight is 387 g/mol. The standard InChI is InChI=1S/C25H25NO3/c1-18(25(28)29)14-19-10-12-21(13-11-19)23-9-5-6-20(15-23)16-26-17-24(27)22-7-3-2-4-8-22/h2-13,15,18,26H,14,16-17H2,1H3,(H,28,29). The number of carboxylic acid groups (broad SMARTS) is 1. The van der Waals surface area contributed by atoms with Gasteiger partial charge in [-0.1, -0.05) is 79.7 Å². The van der Waals surface area contributed by atoms with Crippen molar-refractivity contribution in [2.24, 2.45) is 5.92 Å². The van der Waals surface area contributed by atoms with Crippen LogP contribution in [0.15, 0.2) is 78.9 Å². The molecule has 0 bridgehead atoms. The van der Waals surface area contributed by atoms with Crippen LogP contribution in [0.2, 0.25) is 0 Å². The van der Waals surface area contributed by atoms with Crippen molar-refractivity contribution in [1.29, 1.82) is 0 Å². The van der Waals surface area contributed by atoms with E-state index in [0.29, 0.717) is 25.1 Å². The maximum absolute atomic E-state index is 12.2. The topological polar surface area (TPSA) is 66.4 Å². The van der Waals surface area contributed by atoms with Gasteiger partial charge < -0.3 is 10.4 Å². The van der Waals surface area contributed by atoms with Gasteiger partial charge in [0.2, 0.25) is 0 Å². The number of hydrogen-bond donors (Lipinski definition) is 2. The summed E-state index contributed by atoms with van der Waals surface area (Å²) in [7, 11) is 0. The molecule has 0 heterocycles. The lowest BCUT2D eigenvalue weighted by Crippen LogP contribution is -2.22. The second-order valence-electron chi connectivity index (χ2n) is 7.23. The summed E-state index contributed by atoms with van der Waals surface area (Å²) < 4.78 is 0. The number of Topliss-reactive ketones (excluding diaryl/α,β-unsaturated/α-hetero) is 1. The third kappa shape index (κ3) is 5.87. The van der Waals surface area contributed by atoms with Crippen molar-refractivity contribution in [3.8, 4) is 11.1 Å². The molecule has 0 aromatic heterocycles. The van der Waals surface area contributed by atoms with Crippen LogP contribution in [0.1, 0.15) is 28.4 Å². The Morgan fingerprint density at radius 1 is 0.862 bits per heavy atom. The molecule has 148 valence electrons. The minimum atomic E-state index is -0.778. The third-order valence-corrected chi connectivity index (χ3v) is 4.89. The first kappa shape index (κ1) is 20.5. The molecule has 0 saturated carbocycles. The summed E-state index contributed by atoms with van der Waals surface area (Å²) in [6.07, 6.45) is 0.523. The van der Waals surface area contributed by atoms with Gasteiger partial charge in [-0.3, -0.25) is 9.59 Å². The molecule has 4 nitrogen and oxygen atoms in total. The van der Waals surface area contributed by atoms with Crippen LogP contribution >= 0.6 is 0 Å². The van der Waals surface area contributed by atoms with Crippen molar-refractivity contribution in [2.45, 2.75) is 19.9 Å². The van der Waals surface area contributed by atoms with Crippen LogP contribution < -0.4 is 5.32 Å². The fourth-order valence-electron chi connectivity index (χ4n) is 3.18. The normalized spacial score (nSPS) is 11.8. The smallest absolute Gasteiger partial charge is 0.306 e. The summed E-state index contributed by atoms with van der Waals surface area (Å²) in [5.74, 6) is -1.10. The summed E-state index contributed by atoms with van der Waals surface area (Å²) in [6, 6.07) is 25.5. The number of carboxylic acids is 1. The molecule has 4 heteroatoms. The number of benzene rings is 3. The van der Waals surface area contributed by atoms with Gasteiger partial charge in [0.05, 0.1) is 12.5 Å². The molecule has 1 unspecified atom stereocenters. The van der Waals surface area contributed by atoms with Crippen molar-refractivity contribution in [3.05, 3.63) is 95.6 Å². The first-order valence-electron chi connectivity index (χ1n) is 9.73. The van der Waals surface area contributed by atoms with Gasteiger partial charge >= 0.3 is 5.97 Å². The Kier molecular flexibility index (Phi) is 6.93. The highest BCUT2D eigenvalue weighted by atomic mass is 16.4. The number of carbonyl (C=O) groups is 2. The van der Waals surface area contributed by atoms with E-state index < -0.39 is 11.9 Å². The predicted octanol–water partition coefficient (Wildman–Crippen LogP) is 4.59. The van der Waals surface area contributed by atoms with Gasteiger partial charge in [0.15, 0.2) is 5.78 Å². The van der Waals surface area contributed by atoms with E-state index in [2.05, 4.69) is 11.4 Å². The quantitative estimate of drug-likeness (QED) is 0.527. The van der Waals surface area contributed by atoms with Crippen LogP contribution in [0, 0.1) is 5.92 Å². The number of aliphatic carboxylic acids is 1. The first-order chi connectivity index (χ1) is 14.0. The average Bonchev–Trinajstić information content (AvgIpc) is 2.75. The Morgan fingerprint density at radius 3 is 2.28 bits per heavy atom. The van der Waals surface area contributed by atoms with Gasteiger partial charge in [0.25, 0.3) is 0 Å². The van der Waals surface area contributed by atoms with E-state index in [4.69, 9.17) is 5.11 Å². The SMILES string of the molecule is CC(Cc1ccc(-c2cccc(CNCC(=O)c3ccccc3)c2)cc1)C(=O)O. The maximum atomic E-state index is 12.2.